The molecule has 94 valence electrons. The van der Waals surface area contributed by atoms with Gasteiger partial charge in [-0.1, -0.05) is 19.8 Å². The highest BCUT2D eigenvalue weighted by Gasteiger charge is 2.38. The quantitative estimate of drug-likeness (QED) is 0.640. The van der Waals surface area contributed by atoms with Crippen LogP contribution in [0.4, 0.5) is 0 Å². The van der Waals surface area contributed by atoms with E-state index in [0.717, 1.165) is 38.8 Å². The molecule has 16 heavy (non-hydrogen) atoms. The van der Waals surface area contributed by atoms with Gasteiger partial charge in [-0.2, -0.15) is 11.8 Å². The van der Waals surface area contributed by atoms with Gasteiger partial charge in [-0.15, -0.1) is 0 Å². The Morgan fingerprint density at radius 1 is 1.44 bits per heavy atom. The summed E-state index contributed by atoms with van der Waals surface area (Å²) in [6, 6.07) is 0. The van der Waals surface area contributed by atoms with Crippen LogP contribution in [0.5, 0.6) is 0 Å². The summed E-state index contributed by atoms with van der Waals surface area (Å²) in [6.07, 6.45) is 5.41. The molecule has 0 saturated heterocycles. The van der Waals surface area contributed by atoms with E-state index in [0.29, 0.717) is 0 Å². The highest BCUT2D eigenvalue weighted by molar-refractivity contribution is 7.99. The van der Waals surface area contributed by atoms with E-state index in [9.17, 15) is 4.79 Å². The second kappa shape index (κ2) is 7.17. The Morgan fingerprint density at radius 3 is 2.69 bits per heavy atom. The van der Waals surface area contributed by atoms with Gasteiger partial charge in [0.1, 0.15) is 0 Å². The van der Waals surface area contributed by atoms with Crippen LogP contribution in [0, 0.1) is 5.41 Å². The lowest BCUT2D eigenvalue weighted by Gasteiger charge is -2.25. The summed E-state index contributed by atoms with van der Waals surface area (Å²) in [4.78, 5) is 11.5. The average Bonchev–Trinajstić information content (AvgIpc) is 2.73. The Balaban J connectivity index is 2.16. The third kappa shape index (κ3) is 3.98. The van der Waals surface area contributed by atoms with Gasteiger partial charge in [-0.25, -0.2) is 0 Å². The molecule has 4 heteroatoms. The van der Waals surface area contributed by atoms with Crippen molar-refractivity contribution in [3.8, 4) is 0 Å². The van der Waals surface area contributed by atoms with Gasteiger partial charge in [0, 0.05) is 6.54 Å². The molecule has 0 aromatic rings. The molecule has 0 heterocycles. The maximum atomic E-state index is 11.5. The Kier molecular flexibility index (Phi) is 6.21. The van der Waals surface area contributed by atoms with Crippen molar-refractivity contribution in [3.63, 3.8) is 0 Å². The van der Waals surface area contributed by atoms with Crippen molar-refractivity contribution in [3.05, 3.63) is 0 Å². The van der Waals surface area contributed by atoms with E-state index in [-0.39, 0.29) is 11.3 Å². The molecule has 1 amide bonds. The molecule has 0 atom stereocenters. The number of rotatable bonds is 8. The molecule has 0 aromatic carbocycles. The van der Waals surface area contributed by atoms with Gasteiger partial charge >= 0.3 is 0 Å². The smallest absolute Gasteiger partial charge is 0.224 e. The van der Waals surface area contributed by atoms with E-state index in [1.807, 2.05) is 11.8 Å². The Labute approximate surface area is 103 Å². The fourth-order valence-electron chi connectivity index (χ4n) is 2.33. The van der Waals surface area contributed by atoms with Gasteiger partial charge in [0.2, 0.25) is 5.91 Å². The summed E-state index contributed by atoms with van der Waals surface area (Å²) in [7, 11) is 0. The van der Waals surface area contributed by atoms with Crippen molar-refractivity contribution in [1.29, 1.82) is 0 Å². The third-order valence-corrected chi connectivity index (χ3v) is 4.38. The van der Waals surface area contributed by atoms with Crippen LogP contribution in [0.15, 0.2) is 0 Å². The summed E-state index contributed by atoms with van der Waals surface area (Å²) >= 11 is 1.96. The van der Waals surface area contributed by atoms with Crippen LogP contribution in [-0.4, -0.2) is 30.5 Å². The van der Waals surface area contributed by atoms with Crippen molar-refractivity contribution in [1.82, 2.24) is 5.32 Å². The van der Waals surface area contributed by atoms with Crippen molar-refractivity contribution in [2.24, 2.45) is 11.1 Å². The number of thioether (sulfide) groups is 1. The number of hydrogen-bond acceptors (Lipinski definition) is 3. The van der Waals surface area contributed by atoms with Crippen LogP contribution in [-0.2, 0) is 4.79 Å². The minimum Gasteiger partial charge on any atom is -0.369 e. The first-order valence-electron chi connectivity index (χ1n) is 6.30. The average molecular weight is 244 g/mol. The lowest BCUT2D eigenvalue weighted by Crippen LogP contribution is -2.43. The monoisotopic (exact) mass is 244 g/mol. The molecule has 0 spiro atoms. The molecule has 1 rings (SSSR count). The molecular weight excluding hydrogens is 220 g/mol. The fourth-order valence-corrected chi connectivity index (χ4v) is 2.97. The molecule has 3 N–H and O–H groups in total. The Morgan fingerprint density at radius 2 is 2.12 bits per heavy atom. The zero-order chi connectivity index (χ0) is 11.9. The predicted molar refractivity (Wildman–Crippen MR) is 70.6 cm³/mol. The van der Waals surface area contributed by atoms with Crippen molar-refractivity contribution >= 4 is 17.7 Å². The molecule has 0 aromatic heterocycles. The summed E-state index contributed by atoms with van der Waals surface area (Å²) in [6.45, 7) is 3.96. The predicted octanol–water partition coefficient (Wildman–Crippen LogP) is 1.76. The zero-order valence-corrected chi connectivity index (χ0v) is 11.1. The van der Waals surface area contributed by atoms with Gasteiger partial charge in [0.25, 0.3) is 0 Å². The number of amides is 1. The number of carbonyl (C=O) groups excluding carboxylic acids is 1. The first-order valence-corrected chi connectivity index (χ1v) is 7.45. The lowest BCUT2D eigenvalue weighted by atomic mass is 9.85. The molecular formula is C12H24N2OS. The molecule has 1 saturated carbocycles. The van der Waals surface area contributed by atoms with Crippen molar-refractivity contribution in [2.45, 2.75) is 39.0 Å². The molecule has 1 fully saturated rings. The maximum absolute atomic E-state index is 11.5. The number of nitrogens with one attached hydrogen (secondary N) is 1. The first kappa shape index (κ1) is 13.8. The van der Waals surface area contributed by atoms with Crippen molar-refractivity contribution in [2.75, 3.05) is 24.6 Å². The topological polar surface area (TPSA) is 55.1 Å². The summed E-state index contributed by atoms with van der Waals surface area (Å²) < 4.78 is 0. The fraction of sp³-hybridized carbons (Fsp3) is 0.917. The number of nitrogens with two attached hydrogens (primary N) is 1. The molecule has 0 bridgehead atoms. The SMILES string of the molecule is CCSCCCNCC1(C(N)=O)CCCC1. The zero-order valence-electron chi connectivity index (χ0n) is 10.3. The molecule has 1 aliphatic carbocycles. The summed E-state index contributed by atoms with van der Waals surface area (Å²) in [5.41, 5.74) is 5.27. The first-order chi connectivity index (χ1) is 7.71. The highest BCUT2D eigenvalue weighted by atomic mass is 32.2. The van der Waals surface area contributed by atoms with E-state index < -0.39 is 0 Å². The Hall–Kier alpha value is -0.220. The number of carbonyl (C=O) groups is 1. The number of primary amides is 1. The van der Waals surface area contributed by atoms with E-state index in [1.54, 1.807) is 0 Å². The largest absolute Gasteiger partial charge is 0.369 e. The van der Waals surface area contributed by atoms with Crippen LogP contribution in [0.3, 0.4) is 0 Å². The van der Waals surface area contributed by atoms with E-state index in [1.165, 1.54) is 17.9 Å². The summed E-state index contributed by atoms with van der Waals surface area (Å²) in [5.74, 6) is 2.28. The molecule has 0 aliphatic heterocycles. The van der Waals surface area contributed by atoms with Gasteiger partial charge in [-0.05, 0) is 37.3 Å². The molecule has 3 nitrogen and oxygen atoms in total. The normalized spacial score (nSPS) is 18.8. The van der Waals surface area contributed by atoms with Crippen LogP contribution in [0.1, 0.15) is 39.0 Å². The lowest BCUT2D eigenvalue weighted by molar-refractivity contribution is -0.127. The third-order valence-electron chi connectivity index (χ3n) is 3.39. The minimum absolute atomic E-state index is 0.111. The second-order valence-corrected chi connectivity index (χ2v) is 5.97. The van der Waals surface area contributed by atoms with E-state index in [4.69, 9.17) is 5.73 Å². The summed E-state index contributed by atoms with van der Waals surface area (Å²) in [5, 5.41) is 3.39. The van der Waals surface area contributed by atoms with Crippen LogP contribution in [0.25, 0.3) is 0 Å². The van der Waals surface area contributed by atoms with Gasteiger partial charge in [0.15, 0.2) is 0 Å². The van der Waals surface area contributed by atoms with Gasteiger partial charge in [-0.3, -0.25) is 4.79 Å². The van der Waals surface area contributed by atoms with Crippen LogP contribution in [0.2, 0.25) is 0 Å². The van der Waals surface area contributed by atoms with Crippen LogP contribution < -0.4 is 11.1 Å². The standard InChI is InChI=1S/C12H24N2OS/c1-2-16-9-5-8-14-10-12(11(13)15)6-3-4-7-12/h14H,2-10H2,1H3,(H2,13,15). The maximum Gasteiger partial charge on any atom is 0.224 e. The Bertz CT molecular complexity index is 215. The minimum atomic E-state index is -0.238. The number of hydrogen-bond donors (Lipinski definition) is 2. The highest BCUT2D eigenvalue weighted by Crippen LogP contribution is 2.37. The van der Waals surface area contributed by atoms with Gasteiger partial charge in [0.05, 0.1) is 5.41 Å². The molecule has 0 radical (unpaired) electrons. The molecule has 1 aliphatic rings. The van der Waals surface area contributed by atoms with Crippen molar-refractivity contribution < 1.29 is 4.79 Å². The van der Waals surface area contributed by atoms with Crippen LogP contribution >= 0.6 is 11.8 Å². The van der Waals surface area contributed by atoms with E-state index in [2.05, 4.69) is 12.2 Å². The second-order valence-electron chi connectivity index (χ2n) is 4.58. The molecule has 0 unspecified atom stereocenters. The van der Waals surface area contributed by atoms with Gasteiger partial charge < -0.3 is 11.1 Å². The van der Waals surface area contributed by atoms with E-state index >= 15 is 0 Å².